The van der Waals surface area contributed by atoms with Gasteiger partial charge in [0.2, 0.25) is 0 Å². The van der Waals surface area contributed by atoms with E-state index in [9.17, 15) is 10.1 Å². The number of fused-ring (bicyclic) bond motifs is 1. The second-order valence-corrected chi connectivity index (χ2v) is 7.51. The van der Waals surface area contributed by atoms with E-state index in [-0.39, 0.29) is 6.61 Å². The van der Waals surface area contributed by atoms with Gasteiger partial charge in [0.1, 0.15) is 4.75 Å². The van der Waals surface area contributed by atoms with Crippen LogP contribution in [0, 0.1) is 11.3 Å². The van der Waals surface area contributed by atoms with Gasteiger partial charge in [-0.05, 0) is 43.8 Å². The highest BCUT2D eigenvalue weighted by molar-refractivity contribution is 8.01. The van der Waals surface area contributed by atoms with Gasteiger partial charge in [-0.25, -0.2) is 0 Å². The maximum absolute atomic E-state index is 12.6. The van der Waals surface area contributed by atoms with Crippen molar-refractivity contribution in [3.8, 4) is 17.2 Å². The quantitative estimate of drug-likeness (QED) is 0.450. The Balaban J connectivity index is 2.18. The van der Waals surface area contributed by atoms with Crippen molar-refractivity contribution < 1.29 is 13.6 Å². The third-order valence-corrected chi connectivity index (χ3v) is 5.25. The molecule has 1 aromatic heterocycles. The first kappa shape index (κ1) is 15.2. The molecular formula is C22H20N2O2S. The van der Waals surface area contributed by atoms with Gasteiger partial charge in [0.25, 0.3) is 0 Å². The molecule has 27 heavy (non-hydrogen) atoms. The molecule has 5 heteroatoms. The highest BCUT2D eigenvalue weighted by atomic mass is 32.2. The molecule has 136 valence electrons. The summed E-state index contributed by atoms with van der Waals surface area (Å²) in [4.78, 5) is 17.4. The first-order chi connectivity index (χ1) is 14.2. The zero-order chi connectivity index (χ0) is 21.9. The Bertz CT molecular complexity index is 1140. The molecule has 0 aliphatic heterocycles. The van der Waals surface area contributed by atoms with Gasteiger partial charge in [-0.1, -0.05) is 30.3 Å². The number of nitriles is 1. The molecule has 0 amide bonds. The third kappa shape index (κ3) is 3.81. The van der Waals surface area contributed by atoms with Crippen molar-refractivity contribution in [3.05, 3.63) is 60.4 Å². The summed E-state index contributed by atoms with van der Waals surface area (Å²) in [6.07, 6.45) is 3.20. The van der Waals surface area contributed by atoms with E-state index in [1.54, 1.807) is 31.5 Å². The zero-order valence-corrected chi connectivity index (χ0v) is 15.8. The number of carbonyl (C=O) groups excluding carboxylic acids is 1. The van der Waals surface area contributed by atoms with E-state index in [0.717, 1.165) is 28.1 Å². The van der Waals surface area contributed by atoms with E-state index in [0.29, 0.717) is 16.0 Å². The summed E-state index contributed by atoms with van der Waals surface area (Å²) in [6, 6.07) is 14.9. The number of ether oxygens (including phenoxy) is 1. The van der Waals surface area contributed by atoms with Crippen molar-refractivity contribution in [3.63, 3.8) is 0 Å². The number of hydrogen-bond acceptors (Lipinski definition) is 5. The Labute approximate surface area is 167 Å². The van der Waals surface area contributed by atoms with Crippen molar-refractivity contribution in [2.75, 3.05) is 6.61 Å². The number of benzene rings is 2. The molecular weight excluding hydrogens is 356 g/mol. The summed E-state index contributed by atoms with van der Waals surface area (Å²) in [5.41, 5.74) is 2.03. The molecule has 0 N–H and O–H groups in total. The first-order valence-electron chi connectivity index (χ1n) is 9.95. The van der Waals surface area contributed by atoms with E-state index in [2.05, 4.69) is 11.1 Å². The van der Waals surface area contributed by atoms with Crippen molar-refractivity contribution in [1.29, 1.82) is 5.26 Å². The van der Waals surface area contributed by atoms with Gasteiger partial charge in [-0.3, -0.25) is 9.78 Å². The number of pyridine rings is 1. The van der Waals surface area contributed by atoms with Crippen LogP contribution in [0.4, 0.5) is 0 Å². The number of thioether (sulfide) groups is 1. The molecule has 0 spiro atoms. The number of carbonyl (C=O) groups is 1. The number of aromatic nitrogens is 1. The van der Waals surface area contributed by atoms with Crippen molar-refractivity contribution in [1.82, 2.24) is 4.98 Å². The summed E-state index contributed by atoms with van der Waals surface area (Å²) in [5.74, 6) is -0.789. The summed E-state index contributed by atoms with van der Waals surface area (Å²) < 4.78 is 27.2. The van der Waals surface area contributed by atoms with Gasteiger partial charge < -0.3 is 4.74 Å². The molecule has 1 atom stereocenters. The average Bonchev–Trinajstić information content (AvgIpc) is 2.72. The van der Waals surface area contributed by atoms with E-state index in [4.69, 9.17) is 8.85 Å². The van der Waals surface area contributed by atoms with Crippen LogP contribution in [-0.4, -0.2) is 22.3 Å². The molecule has 3 aromatic rings. The highest BCUT2D eigenvalue weighted by Crippen LogP contribution is 2.41. The smallest absolute Gasteiger partial charge is 0.321 e. The van der Waals surface area contributed by atoms with Gasteiger partial charge in [-0.2, -0.15) is 5.26 Å². The first-order valence-corrected chi connectivity index (χ1v) is 9.27. The van der Waals surface area contributed by atoms with E-state index in [1.165, 1.54) is 6.92 Å². The minimum absolute atomic E-state index is 0.0918. The Morgan fingerprint density at radius 3 is 2.74 bits per heavy atom. The van der Waals surface area contributed by atoms with Gasteiger partial charge in [-0.15, -0.1) is 11.8 Å². The van der Waals surface area contributed by atoms with Crippen LogP contribution in [0.3, 0.4) is 0 Å². The molecule has 1 unspecified atom stereocenters. The Morgan fingerprint density at radius 2 is 2.04 bits per heavy atom. The number of esters is 1. The molecule has 0 saturated heterocycles. The second-order valence-electron chi connectivity index (χ2n) is 6.05. The molecule has 0 aliphatic rings. The summed E-state index contributed by atoms with van der Waals surface area (Å²) in [7, 11) is 0. The molecule has 0 radical (unpaired) electrons. The Kier molecular flexibility index (Phi) is 4.41. The summed E-state index contributed by atoms with van der Waals surface area (Å²) in [6.45, 7) is 0.527. The maximum atomic E-state index is 12.6. The lowest BCUT2D eigenvalue weighted by atomic mass is 9.96. The normalized spacial score (nSPS) is 15.1. The van der Waals surface area contributed by atoms with Crippen LogP contribution in [-0.2, 0) is 9.53 Å². The Morgan fingerprint density at radius 1 is 1.26 bits per heavy atom. The summed E-state index contributed by atoms with van der Waals surface area (Å²) >= 11 is 0.944. The van der Waals surface area contributed by atoms with Crippen LogP contribution in [0.15, 0.2) is 59.8 Å². The van der Waals surface area contributed by atoms with Crippen LogP contribution >= 0.6 is 11.8 Å². The average molecular weight is 379 g/mol. The van der Waals surface area contributed by atoms with Crippen LogP contribution in [0.25, 0.3) is 21.9 Å². The second kappa shape index (κ2) is 7.81. The molecule has 0 aliphatic carbocycles. The molecule has 4 nitrogen and oxygen atoms in total. The van der Waals surface area contributed by atoms with Crippen LogP contribution in [0.5, 0.6) is 0 Å². The SMILES string of the molecule is [2H]C([2H])([2H])C(C)(Sc1ccncc1-c1ccc(C#N)c2ccccc12)C(=O)OCC. The molecule has 0 bridgehead atoms. The van der Waals surface area contributed by atoms with Crippen molar-refractivity contribution >= 4 is 28.5 Å². The largest absolute Gasteiger partial charge is 0.465 e. The number of nitrogens with zero attached hydrogens (tertiary/aromatic N) is 2. The Hall–Kier alpha value is -2.84. The minimum Gasteiger partial charge on any atom is -0.465 e. The van der Waals surface area contributed by atoms with Crippen molar-refractivity contribution in [2.45, 2.75) is 30.3 Å². The molecule has 3 rings (SSSR count). The van der Waals surface area contributed by atoms with Gasteiger partial charge in [0.05, 0.1) is 18.2 Å². The number of rotatable bonds is 5. The van der Waals surface area contributed by atoms with Crippen molar-refractivity contribution in [2.24, 2.45) is 0 Å². The van der Waals surface area contributed by atoms with E-state index < -0.39 is 17.6 Å². The lowest BCUT2D eigenvalue weighted by molar-refractivity contribution is -0.145. The number of hydrogen-bond donors (Lipinski definition) is 0. The standard InChI is InChI=1S/C22H20N2O2S/c1-4-26-21(25)22(2,3)27-20-11-12-24-14-19(20)18-10-9-15(13-23)16-7-5-6-8-17(16)18/h5-12,14H,4H2,1-3H3/i2D3. The molecule has 1 heterocycles. The topological polar surface area (TPSA) is 63.0 Å². The fraction of sp³-hybridized carbons (Fsp3) is 0.227. The fourth-order valence-electron chi connectivity index (χ4n) is 2.83. The van der Waals surface area contributed by atoms with E-state index >= 15 is 0 Å². The highest BCUT2D eigenvalue weighted by Gasteiger charge is 2.31. The lowest BCUT2D eigenvalue weighted by Gasteiger charge is -2.23. The van der Waals surface area contributed by atoms with Gasteiger partial charge in [0, 0.05) is 32.4 Å². The van der Waals surface area contributed by atoms with Crippen LogP contribution in [0.2, 0.25) is 0 Å². The lowest BCUT2D eigenvalue weighted by Crippen LogP contribution is -2.30. The van der Waals surface area contributed by atoms with Crippen LogP contribution < -0.4 is 0 Å². The minimum atomic E-state index is -2.59. The third-order valence-electron chi connectivity index (χ3n) is 4.09. The predicted octanol–water partition coefficient (Wildman–Crippen LogP) is 5.21. The van der Waals surface area contributed by atoms with Gasteiger partial charge >= 0.3 is 5.97 Å². The van der Waals surface area contributed by atoms with Gasteiger partial charge in [0.15, 0.2) is 0 Å². The molecule has 2 aromatic carbocycles. The monoisotopic (exact) mass is 379 g/mol. The van der Waals surface area contributed by atoms with E-state index in [1.807, 2.05) is 30.3 Å². The molecule has 0 fully saturated rings. The maximum Gasteiger partial charge on any atom is 0.321 e. The predicted molar refractivity (Wildman–Crippen MR) is 108 cm³/mol. The van der Waals surface area contributed by atoms with Crippen LogP contribution in [0.1, 0.15) is 30.4 Å². The molecule has 0 saturated carbocycles. The summed E-state index contributed by atoms with van der Waals surface area (Å²) in [5, 5.41) is 11.1. The zero-order valence-electron chi connectivity index (χ0n) is 18.0. The fourth-order valence-corrected chi connectivity index (χ4v) is 3.82.